The third kappa shape index (κ3) is 3.26. The second-order valence-electron chi connectivity index (χ2n) is 7.51. The van der Waals surface area contributed by atoms with Crippen LogP contribution in [0.2, 0.25) is 0 Å². The Morgan fingerprint density at radius 2 is 1.91 bits per heavy atom. The lowest BCUT2D eigenvalue weighted by molar-refractivity contribution is 0.801. The van der Waals surface area contributed by atoms with Gasteiger partial charge in [0, 0.05) is 36.6 Å². The monoisotopic (exact) mass is 420 g/mol. The molecule has 0 amide bonds. The van der Waals surface area contributed by atoms with E-state index in [2.05, 4.69) is 56.8 Å². The summed E-state index contributed by atoms with van der Waals surface area (Å²) in [6.45, 7) is 2.10. The van der Waals surface area contributed by atoms with Crippen molar-refractivity contribution in [2.45, 2.75) is 6.92 Å². The topological polar surface area (TPSA) is 104 Å². The minimum Gasteiger partial charge on any atom is -0.357 e. The molecule has 3 aromatic heterocycles. The molecule has 0 atom stereocenters. The SMILES string of the molecule is CNc1ncc2cc(-c3c(C)ccc4c(Nc5ccc(C#N)nc5)nn(C)c34)ccc2n1. The molecule has 0 aliphatic rings. The van der Waals surface area contributed by atoms with Gasteiger partial charge in [-0.1, -0.05) is 12.1 Å². The Hall–Kier alpha value is -4.51. The van der Waals surface area contributed by atoms with Crippen LogP contribution in [-0.2, 0) is 7.05 Å². The molecule has 8 nitrogen and oxygen atoms in total. The van der Waals surface area contributed by atoms with E-state index in [1.54, 1.807) is 12.3 Å². The molecular formula is C24H20N8. The van der Waals surface area contributed by atoms with Gasteiger partial charge in [-0.3, -0.25) is 4.68 Å². The van der Waals surface area contributed by atoms with Gasteiger partial charge >= 0.3 is 0 Å². The van der Waals surface area contributed by atoms with Gasteiger partial charge in [-0.15, -0.1) is 0 Å². The predicted octanol–water partition coefficient (Wildman–Crippen LogP) is 4.54. The number of hydrogen-bond donors (Lipinski definition) is 2. The lowest BCUT2D eigenvalue weighted by atomic mass is 9.96. The number of aromatic nitrogens is 5. The van der Waals surface area contributed by atoms with Gasteiger partial charge < -0.3 is 10.6 Å². The Labute approximate surface area is 184 Å². The summed E-state index contributed by atoms with van der Waals surface area (Å²) in [5.74, 6) is 1.33. The van der Waals surface area contributed by atoms with Gasteiger partial charge in [0.05, 0.1) is 22.9 Å². The van der Waals surface area contributed by atoms with Gasteiger partial charge in [-0.05, 0) is 48.4 Å². The first-order chi connectivity index (χ1) is 15.6. The third-order valence-corrected chi connectivity index (χ3v) is 5.45. The first kappa shape index (κ1) is 19.5. The Bertz CT molecular complexity index is 1510. The van der Waals surface area contributed by atoms with E-state index in [0.717, 1.165) is 50.0 Å². The van der Waals surface area contributed by atoms with E-state index in [9.17, 15) is 0 Å². The van der Waals surface area contributed by atoms with Gasteiger partial charge in [-0.2, -0.15) is 10.4 Å². The highest BCUT2D eigenvalue weighted by Crippen LogP contribution is 2.36. The van der Waals surface area contributed by atoms with Crippen molar-refractivity contribution in [1.82, 2.24) is 24.7 Å². The van der Waals surface area contributed by atoms with Gasteiger partial charge in [-0.25, -0.2) is 15.0 Å². The quantitative estimate of drug-likeness (QED) is 0.440. The summed E-state index contributed by atoms with van der Waals surface area (Å²) in [5.41, 5.74) is 6.41. The van der Waals surface area contributed by atoms with Crippen LogP contribution in [0.3, 0.4) is 0 Å². The summed E-state index contributed by atoms with van der Waals surface area (Å²) < 4.78 is 1.89. The highest BCUT2D eigenvalue weighted by Gasteiger charge is 2.16. The molecule has 0 bridgehead atoms. The van der Waals surface area contributed by atoms with E-state index in [-0.39, 0.29) is 0 Å². The second kappa shape index (κ2) is 7.63. The zero-order valence-electron chi connectivity index (χ0n) is 17.9. The third-order valence-electron chi connectivity index (χ3n) is 5.45. The summed E-state index contributed by atoms with van der Waals surface area (Å²) in [6, 6.07) is 15.9. The average molecular weight is 420 g/mol. The fourth-order valence-corrected chi connectivity index (χ4v) is 3.91. The summed E-state index contributed by atoms with van der Waals surface area (Å²) in [4.78, 5) is 13.0. The maximum atomic E-state index is 8.96. The molecule has 3 heterocycles. The van der Waals surface area contributed by atoms with Crippen LogP contribution >= 0.6 is 0 Å². The van der Waals surface area contributed by atoms with Gasteiger partial charge in [0.15, 0.2) is 5.82 Å². The molecule has 0 saturated heterocycles. The lowest BCUT2D eigenvalue weighted by Crippen LogP contribution is -1.97. The fraction of sp³-hybridized carbons (Fsp3) is 0.125. The number of rotatable bonds is 4. The van der Waals surface area contributed by atoms with Crippen LogP contribution in [0.1, 0.15) is 11.3 Å². The number of benzene rings is 2. The Morgan fingerprint density at radius 1 is 1.03 bits per heavy atom. The van der Waals surface area contributed by atoms with E-state index < -0.39 is 0 Å². The molecule has 32 heavy (non-hydrogen) atoms. The second-order valence-corrected chi connectivity index (χ2v) is 7.51. The molecule has 0 aliphatic heterocycles. The Balaban J connectivity index is 1.63. The molecule has 5 rings (SSSR count). The number of hydrogen-bond acceptors (Lipinski definition) is 7. The Kier molecular flexibility index (Phi) is 4.64. The smallest absolute Gasteiger partial charge is 0.222 e. The molecule has 2 aromatic carbocycles. The summed E-state index contributed by atoms with van der Waals surface area (Å²) in [5, 5.41) is 22.0. The molecular weight excluding hydrogens is 400 g/mol. The standard InChI is InChI=1S/C24H20N8/c1-14-4-8-19-22(32(3)31-23(19)29-18-7-6-17(11-25)27-13-18)21(14)15-5-9-20-16(10-15)12-28-24(26-2)30-20/h4-10,12-13H,1-3H3,(H,29,31)(H,26,28,30). The molecule has 0 unspecified atom stereocenters. The molecule has 5 aromatic rings. The van der Waals surface area contributed by atoms with Crippen LogP contribution in [0.15, 0.2) is 54.9 Å². The molecule has 0 fully saturated rings. The van der Waals surface area contributed by atoms with Crippen molar-refractivity contribution >= 4 is 39.3 Å². The molecule has 0 spiro atoms. The molecule has 8 heteroatoms. The average Bonchev–Trinajstić information content (AvgIpc) is 3.13. The van der Waals surface area contributed by atoms with Crippen LogP contribution < -0.4 is 10.6 Å². The summed E-state index contributed by atoms with van der Waals surface area (Å²) >= 11 is 0. The van der Waals surface area contributed by atoms with Crippen molar-refractivity contribution in [3.05, 3.63) is 66.1 Å². The van der Waals surface area contributed by atoms with Crippen molar-refractivity contribution < 1.29 is 0 Å². The minimum absolute atomic E-state index is 0.376. The highest BCUT2D eigenvalue weighted by molar-refractivity contribution is 6.03. The molecule has 0 saturated carbocycles. The number of pyridine rings is 1. The van der Waals surface area contributed by atoms with Gasteiger partial charge in [0.1, 0.15) is 11.8 Å². The number of aryl methyl sites for hydroxylation is 2. The first-order valence-corrected chi connectivity index (χ1v) is 10.1. The van der Waals surface area contributed by atoms with Crippen molar-refractivity contribution in [3.8, 4) is 17.2 Å². The maximum absolute atomic E-state index is 8.96. The number of nitrogens with one attached hydrogen (secondary N) is 2. The van der Waals surface area contributed by atoms with Crippen LogP contribution in [0.4, 0.5) is 17.5 Å². The van der Waals surface area contributed by atoms with E-state index in [4.69, 9.17) is 10.4 Å². The van der Waals surface area contributed by atoms with Crippen molar-refractivity contribution in [3.63, 3.8) is 0 Å². The molecule has 0 aliphatic carbocycles. The maximum Gasteiger partial charge on any atom is 0.222 e. The summed E-state index contributed by atoms with van der Waals surface area (Å²) in [6.07, 6.45) is 3.47. The van der Waals surface area contributed by atoms with E-state index in [1.165, 1.54) is 0 Å². The lowest BCUT2D eigenvalue weighted by Gasteiger charge is -2.11. The number of anilines is 3. The van der Waals surface area contributed by atoms with Crippen LogP contribution in [-0.4, -0.2) is 31.8 Å². The van der Waals surface area contributed by atoms with Crippen molar-refractivity contribution in [2.75, 3.05) is 17.7 Å². The van der Waals surface area contributed by atoms with E-state index in [1.807, 2.05) is 43.2 Å². The van der Waals surface area contributed by atoms with Crippen molar-refractivity contribution in [2.24, 2.45) is 7.05 Å². The van der Waals surface area contributed by atoms with Crippen LogP contribution in [0.25, 0.3) is 32.9 Å². The number of fused-ring (bicyclic) bond motifs is 2. The van der Waals surface area contributed by atoms with E-state index in [0.29, 0.717) is 11.6 Å². The number of nitrogens with zero attached hydrogens (tertiary/aromatic N) is 6. The predicted molar refractivity (Wildman–Crippen MR) is 126 cm³/mol. The highest BCUT2D eigenvalue weighted by atomic mass is 15.3. The van der Waals surface area contributed by atoms with Gasteiger partial charge in [0.2, 0.25) is 5.95 Å². The summed E-state index contributed by atoms with van der Waals surface area (Å²) in [7, 11) is 3.75. The zero-order chi connectivity index (χ0) is 22.2. The minimum atomic E-state index is 0.376. The molecule has 2 N–H and O–H groups in total. The zero-order valence-corrected chi connectivity index (χ0v) is 17.9. The Morgan fingerprint density at radius 3 is 2.66 bits per heavy atom. The largest absolute Gasteiger partial charge is 0.357 e. The normalized spacial score (nSPS) is 10.9. The van der Waals surface area contributed by atoms with Crippen molar-refractivity contribution in [1.29, 1.82) is 5.26 Å². The fourth-order valence-electron chi connectivity index (χ4n) is 3.91. The molecule has 0 radical (unpaired) electrons. The van der Waals surface area contributed by atoms with E-state index >= 15 is 0 Å². The van der Waals surface area contributed by atoms with Crippen LogP contribution in [0.5, 0.6) is 0 Å². The van der Waals surface area contributed by atoms with Gasteiger partial charge in [0.25, 0.3) is 0 Å². The number of nitriles is 1. The van der Waals surface area contributed by atoms with Crippen LogP contribution in [0, 0.1) is 18.3 Å². The first-order valence-electron chi connectivity index (χ1n) is 10.1. The molecule has 156 valence electrons.